The number of nitrogens with zero attached hydrogens (tertiary/aromatic N) is 5. The van der Waals surface area contributed by atoms with Crippen molar-refractivity contribution in [1.29, 1.82) is 0 Å². The number of carbonyl (C=O) groups excluding carboxylic acids is 2. The standard InChI is InChI=1S/C26H27N5O2/c1-18-21-12-13-23(32)31(17-19-8-3-2-4-9-19)26(21)29-25(28-18)22-11-7-15-30(22)24(33)16-20-10-5-6-14-27-20/h2-6,8-10,14,22H,7,11-13,15-17H2,1H3/t22-/m0/s1. The monoisotopic (exact) mass is 441 g/mol. The Morgan fingerprint density at radius 1 is 1.06 bits per heavy atom. The van der Waals surface area contributed by atoms with Crippen molar-refractivity contribution in [2.45, 2.75) is 51.6 Å². The van der Waals surface area contributed by atoms with E-state index in [1.807, 2.05) is 60.4 Å². The Labute approximate surface area is 193 Å². The van der Waals surface area contributed by atoms with Crippen molar-refractivity contribution in [1.82, 2.24) is 19.9 Å². The Balaban J connectivity index is 1.45. The molecule has 5 rings (SSSR count). The average Bonchev–Trinajstić information content (AvgIpc) is 3.32. The van der Waals surface area contributed by atoms with Gasteiger partial charge in [-0.05, 0) is 43.9 Å². The smallest absolute Gasteiger partial charge is 0.229 e. The van der Waals surface area contributed by atoms with Crippen molar-refractivity contribution in [3.05, 3.63) is 83.1 Å². The molecule has 7 nitrogen and oxygen atoms in total. The molecule has 4 heterocycles. The van der Waals surface area contributed by atoms with Gasteiger partial charge in [0.25, 0.3) is 0 Å². The van der Waals surface area contributed by atoms with E-state index in [2.05, 4.69) is 4.98 Å². The molecule has 7 heteroatoms. The second-order valence-electron chi connectivity index (χ2n) is 8.68. The van der Waals surface area contributed by atoms with Gasteiger partial charge in [0, 0.05) is 36.1 Å². The van der Waals surface area contributed by atoms with Gasteiger partial charge in [-0.15, -0.1) is 0 Å². The van der Waals surface area contributed by atoms with Crippen LogP contribution < -0.4 is 4.90 Å². The summed E-state index contributed by atoms with van der Waals surface area (Å²) in [6.45, 7) is 3.15. The molecule has 1 saturated heterocycles. The van der Waals surface area contributed by atoms with Gasteiger partial charge in [0.05, 0.1) is 19.0 Å². The number of rotatable bonds is 5. The van der Waals surface area contributed by atoms with Crippen molar-refractivity contribution < 1.29 is 9.59 Å². The van der Waals surface area contributed by atoms with E-state index in [1.165, 1.54) is 0 Å². The van der Waals surface area contributed by atoms with Crippen LogP contribution in [0.5, 0.6) is 0 Å². The largest absolute Gasteiger partial charge is 0.332 e. The van der Waals surface area contributed by atoms with Crippen LogP contribution in [0.2, 0.25) is 0 Å². The summed E-state index contributed by atoms with van der Waals surface area (Å²) in [6.07, 6.45) is 4.81. The van der Waals surface area contributed by atoms with E-state index in [0.29, 0.717) is 37.6 Å². The van der Waals surface area contributed by atoms with Gasteiger partial charge in [-0.2, -0.15) is 0 Å². The number of likely N-dealkylation sites (tertiary alicyclic amines) is 1. The van der Waals surface area contributed by atoms with Gasteiger partial charge >= 0.3 is 0 Å². The Hall–Kier alpha value is -3.61. The summed E-state index contributed by atoms with van der Waals surface area (Å²) in [6, 6.07) is 15.4. The van der Waals surface area contributed by atoms with Crippen LogP contribution in [0.25, 0.3) is 0 Å². The highest BCUT2D eigenvalue weighted by Crippen LogP contribution is 2.35. The van der Waals surface area contributed by atoms with E-state index in [-0.39, 0.29) is 24.3 Å². The third-order valence-corrected chi connectivity index (χ3v) is 6.47. The lowest BCUT2D eigenvalue weighted by Gasteiger charge is -2.31. The molecule has 0 spiro atoms. The molecule has 3 aromatic rings. The molecule has 168 valence electrons. The number of anilines is 1. The van der Waals surface area contributed by atoms with Crippen LogP contribution in [0, 0.1) is 6.92 Å². The van der Waals surface area contributed by atoms with Gasteiger partial charge in [-0.1, -0.05) is 36.4 Å². The van der Waals surface area contributed by atoms with Gasteiger partial charge < -0.3 is 4.90 Å². The maximum absolute atomic E-state index is 13.1. The number of pyridine rings is 1. The van der Waals surface area contributed by atoms with Crippen molar-refractivity contribution in [3.63, 3.8) is 0 Å². The predicted octanol–water partition coefficient (Wildman–Crippen LogP) is 3.57. The molecule has 0 bridgehead atoms. The highest BCUT2D eigenvalue weighted by molar-refractivity contribution is 5.95. The molecular formula is C26H27N5O2. The normalized spacial score (nSPS) is 17.8. The molecular weight excluding hydrogens is 414 g/mol. The fourth-order valence-electron chi connectivity index (χ4n) is 4.77. The number of fused-ring (bicyclic) bond motifs is 1. The SMILES string of the molecule is Cc1nc([C@@H]2CCCN2C(=O)Cc2ccccn2)nc2c1CCC(=O)N2Cc1ccccc1. The van der Waals surface area contributed by atoms with E-state index in [0.717, 1.165) is 35.4 Å². The van der Waals surface area contributed by atoms with Crippen LogP contribution in [-0.2, 0) is 29.0 Å². The zero-order valence-electron chi connectivity index (χ0n) is 18.8. The van der Waals surface area contributed by atoms with Crippen LogP contribution in [-0.4, -0.2) is 38.2 Å². The van der Waals surface area contributed by atoms with Gasteiger partial charge in [0.2, 0.25) is 11.8 Å². The molecule has 0 N–H and O–H groups in total. The molecule has 0 radical (unpaired) electrons. The topological polar surface area (TPSA) is 79.3 Å². The van der Waals surface area contributed by atoms with E-state index in [4.69, 9.17) is 9.97 Å². The number of aryl methyl sites for hydroxylation is 1. The molecule has 2 aliphatic rings. The van der Waals surface area contributed by atoms with Gasteiger partial charge in [0.1, 0.15) is 5.82 Å². The predicted molar refractivity (Wildman–Crippen MR) is 124 cm³/mol. The van der Waals surface area contributed by atoms with Crippen LogP contribution in [0.1, 0.15) is 53.6 Å². The Kier molecular flexibility index (Phi) is 5.86. The first kappa shape index (κ1) is 21.2. The zero-order valence-corrected chi connectivity index (χ0v) is 18.8. The highest BCUT2D eigenvalue weighted by Gasteiger charge is 2.35. The van der Waals surface area contributed by atoms with Crippen molar-refractivity contribution >= 4 is 17.6 Å². The van der Waals surface area contributed by atoms with E-state index in [1.54, 1.807) is 11.1 Å². The summed E-state index contributed by atoms with van der Waals surface area (Å²) in [5.74, 6) is 1.44. The van der Waals surface area contributed by atoms with E-state index >= 15 is 0 Å². The molecule has 0 aliphatic carbocycles. The first-order valence-corrected chi connectivity index (χ1v) is 11.5. The molecule has 2 amide bonds. The number of benzene rings is 1. The Morgan fingerprint density at radius 3 is 2.67 bits per heavy atom. The summed E-state index contributed by atoms with van der Waals surface area (Å²) in [4.78, 5) is 43.6. The molecule has 2 aliphatic heterocycles. The molecule has 1 aromatic carbocycles. The lowest BCUT2D eigenvalue weighted by Crippen LogP contribution is -2.37. The summed E-state index contributed by atoms with van der Waals surface area (Å²) in [5.41, 5.74) is 3.74. The average molecular weight is 442 g/mol. The van der Waals surface area contributed by atoms with Crippen LogP contribution in [0.4, 0.5) is 5.82 Å². The summed E-state index contributed by atoms with van der Waals surface area (Å²) >= 11 is 0. The third-order valence-electron chi connectivity index (χ3n) is 6.47. The van der Waals surface area contributed by atoms with Crippen LogP contribution in [0.15, 0.2) is 54.7 Å². The van der Waals surface area contributed by atoms with Crippen molar-refractivity contribution in [2.24, 2.45) is 0 Å². The molecule has 0 saturated carbocycles. The van der Waals surface area contributed by atoms with Gasteiger partial charge in [0.15, 0.2) is 5.82 Å². The molecule has 2 aromatic heterocycles. The highest BCUT2D eigenvalue weighted by atomic mass is 16.2. The first-order chi connectivity index (χ1) is 16.1. The molecule has 1 fully saturated rings. The van der Waals surface area contributed by atoms with Crippen molar-refractivity contribution in [3.8, 4) is 0 Å². The number of amides is 2. The van der Waals surface area contributed by atoms with Gasteiger partial charge in [-0.3, -0.25) is 19.5 Å². The lowest BCUT2D eigenvalue weighted by molar-refractivity contribution is -0.131. The van der Waals surface area contributed by atoms with Crippen molar-refractivity contribution in [2.75, 3.05) is 11.4 Å². The second kappa shape index (κ2) is 9.10. The van der Waals surface area contributed by atoms with Gasteiger partial charge in [-0.25, -0.2) is 9.97 Å². The van der Waals surface area contributed by atoms with Crippen LogP contribution >= 0.6 is 0 Å². The Morgan fingerprint density at radius 2 is 1.88 bits per heavy atom. The zero-order chi connectivity index (χ0) is 22.8. The summed E-state index contributed by atoms with van der Waals surface area (Å²) in [7, 11) is 0. The maximum Gasteiger partial charge on any atom is 0.229 e. The number of carbonyl (C=O) groups is 2. The quantitative estimate of drug-likeness (QED) is 0.605. The minimum absolute atomic E-state index is 0.0346. The fourth-order valence-corrected chi connectivity index (χ4v) is 4.77. The maximum atomic E-state index is 13.1. The minimum atomic E-state index is -0.180. The third kappa shape index (κ3) is 4.35. The summed E-state index contributed by atoms with van der Waals surface area (Å²) in [5, 5.41) is 0. The van der Waals surface area contributed by atoms with E-state index in [9.17, 15) is 9.59 Å². The van der Waals surface area contributed by atoms with E-state index < -0.39 is 0 Å². The number of aromatic nitrogens is 3. The molecule has 1 atom stereocenters. The molecule has 33 heavy (non-hydrogen) atoms. The lowest BCUT2D eigenvalue weighted by atomic mass is 10.0. The fraction of sp³-hybridized carbons (Fsp3) is 0.346. The number of hydrogen-bond acceptors (Lipinski definition) is 5. The van der Waals surface area contributed by atoms with Crippen LogP contribution in [0.3, 0.4) is 0 Å². The second-order valence-corrected chi connectivity index (χ2v) is 8.68. The number of hydrogen-bond donors (Lipinski definition) is 0. The summed E-state index contributed by atoms with van der Waals surface area (Å²) < 4.78 is 0. The first-order valence-electron chi connectivity index (χ1n) is 11.5. The molecule has 0 unspecified atom stereocenters. The minimum Gasteiger partial charge on any atom is -0.332 e. The Bertz CT molecular complexity index is 1170.